The zero-order valence-corrected chi connectivity index (χ0v) is 8.82. The average Bonchev–Trinajstić information content (AvgIpc) is 1.82. The van der Waals surface area contributed by atoms with E-state index in [1.807, 2.05) is 13.8 Å². The monoisotopic (exact) mass is 264 g/mol. The summed E-state index contributed by atoms with van der Waals surface area (Å²) in [7, 11) is 0. The molecule has 1 rings (SSSR count). The van der Waals surface area contributed by atoms with E-state index in [2.05, 4.69) is 41.8 Å². The summed E-state index contributed by atoms with van der Waals surface area (Å²) in [5.74, 6) is 0. The van der Waals surface area contributed by atoms with E-state index in [9.17, 15) is 0 Å². The number of rotatable bonds is 0. The Kier molecular flexibility index (Phi) is 2.41. The Morgan fingerprint density at radius 2 is 1.70 bits per heavy atom. The van der Waals surface area contributed by atoms with Gasteiger partial charge in [0.15, 0.2) is 4.73 Å². The second-order valence-corrected chi connectivity index (χ2v) is 3.45. The summed E-state index contributed by atoms with van der Waals surface area (Å²) >= 11 is 6.51. The highest BCUT2D eigenvalue weighted by atomic mass is 79.9. The highest BCUT2D eigenvalue weighted by molar-refractivity contribution is 9.11. The molecule has 10 heavy (non-hydrogen) atoms. The fourth-order valence-corrected chi connectivity index (χ4v) is 1.70. The van der Waals surface area contributed by atoms with E-state index in [-0.39, 0.29) is 0 Å². The third-order valence-corrected chi connectivity index (χ3v) is 2.43. The SMILES string of the molecule is Cc1nc(Br)nc(Br)c1C. The molecular formula is C6H6Br2N2. The van der Waals surface area contributed by atoms with Gasteiger partial charge in [0.05, 0.1) is 0 Å². The zero-order chi connectivity index (χ0) is 7.72. The van der Waals surface area contributed by atoms with Crippen molar-refractivity contribution in [2.45, 2.75) is 13.8 Å². The van der Waals surface area contributed by atoms with Crippen molar-refractivity contribution in [1.29, 1.82) is 0 Å². The van der Waals surface area contributed by atoms with Crippen LogP contribution in [0.4, 0.5) is 0 Å². The Balaban J connectivity index is 3.31. The number of aromatic nitrogens is 2. The topological polar surface area (TPSA) is 25.8 Å². The molecule has 1 heterocycles. The molecule has 0 aliphatic carbocycles. The van der Waals surface area contributed by atoms with E-state index in [1.165, 1.54) is 0 Å². The molecule has 1 aromatic heterocycles. The Bertz CT molecular complexity index is 237. The van der Waals surface area contributed by atoms with Crippen LogP contribution in [0.5, 0.6) is 0 Å². The lowest BCUT2D eigenvalue weighted by atomic mass is 10.3. The molecule has 0 atom stereocenters. The number of hydrogen-bond donors (Lipinski definition) is 0. The fraction of sp³-hybridized carbons (Fsp3) is 0.333. The van der Waals surface area contributed by atoms with Gasteiger partial charge in [0.25, 0.3) is 0 Å². The van der Waals surface area contributed by atoms with Gasteiger partial charge in [0, 0.05) is 11.3 Å². The normalized spacial score (nSPS) is 10.0. The molecule has 0 unspecified atom stereocenters. The highest BCUT2D eigenvalue weighted by Gasteiger charge is 2.01. The molecule has 0 aliphatic heterocycles. The van der Waals surface area contributed by atoms with Crippen molar-refractivity contribution < 1.29 is 0 Å². The second kappa shape index (κ2) is 2.96. The van der Waals surface area contributed by atoms with E-state index in [4.69, 9.17) is 0 Å². The second-order valence-electron chi connectivity index (χ2n) is 1.99. The first-order valence-electron chi connectivity index (χ1n) is 2.77. The summed E-state index contributed by atoms with van der Waals surface area (Å²) in [5, 5.41) is 0. The largest absolute Gasteiger partial charge is 0.227 e. The Labute approximate surface area is 76.3 Å². The first-order valence-corrected chi connectivity index (χ1v) is 4.36. The smallest absolute Gasteiger partial charge is 0.197 e. The van der Waals surface area contributed by atoms with Gasteiger partial charge in [0.1, 0.15) is 4.60 Å². The predicted molar refractivity (Wildman–Crippen MR) is 46.9 cm³/mol. The predicted octanol–water partition coefficient (Wildman–Crippen LogP) is 2.62. The van der Waals surface area contributed by atoms with Crippen molar-refractivity contribution >= 4 is 31.9 Å². The summed E-state index contributed by atoms with van der Waals surface area (Å²) in [6.07, 6.45) is 0. The first-order chi connectivity index (χ1) is 4.61. The van der Waals surface area contributed by atoms with Crippen molar-refractivity contribution in [1.82, 2.24) is 9.97 Å². The molecule has 0 aliphatic rings. The number of halogens is 2. The lowest BCUT2D eigenvalue weighted by molar-refractivity contribution is 1.000. The standard InChI is InChI=1S/C6H6Br2N2/c1-3-4(2)9-6(8)10-5(3)7/h1-2H3. The molecular weight excluding hydrogens is 260 g/mol. The Morgan fingerprint density at radius 1 is 1.10 bits per heavy atom. The summed E-state index contributed by atoms with van der Waals surface area (Å²) in [6, 6.07) is 0. The molecule has 0 spiro atoms. The van der Waals surface area contributed by atoms with Gasteiger partial charge in [0.2, 0.25) is 0 Å². The number of aryl methyl sites for hydroxylation is 1. The van der Waals surface area contributed by atoms with Crippen molar-refractivity contribution in [3.8, 4) is 0 Å². The molecule has 0 saturated heterocycles. The van der Waals surface area contributed by atoms with E-state index < -0.39 is 0 Å². The molecule has 0 radical (unpaired) electrons. The minimum atomic E-state index is 0.627. The Hall–Kier alpha value is 0.0400. The highest BCUT2D eigenvalue weighted by Crippen LogP contribution is 2.17. The molecule has 2 nitrogen and oxygen atoms in total. The van der Waals surface area contributed by atoms with Gasteiger partial charge in [-0.25, -0.2) is 9.97 Å². The van der Waals surface area contributed by atoms with Gasteiger partial charge in [-0.05, 0) is 45.7 Å². The maximum Gasteiger partial charge on any atom is 0.197 e. The van der Waals surface area contributed by atoms with Crippen LogP contribution in [0.2, 0.25) is 0 Å². The first kappa shape index (κ1) is 8.14. The summed E-state index contributed by atoms with van der Waals surface area (Å²) in [4.78, 5) is 8.17. The van der Waals surface area contributed by atoms with Crippen LogP contribution in [-0.4, -0.2) is 9.97 Å². The third-order valence-electron chi connectivity index (χ3n) is 1.30. The maximum absolute atomic E-state index is 4.11. The average molecular weight is 266 g/mol. The summed E-state index contributed by atoms with van der Waals surface area (Å²) < 4.78 is 1.48. The summed E-state index contributed by atoms with van der Waals surface area (Å²) in [6.45, 7) is 3.93. The lowest BCUT2D eigenvalue weighted by Gasteiger charge is -2.00. The van der Waals surface area contributed by atoms with Crippen LogP contribution in [0.1, 0.15) is 11.3 Å². The van der Waals surface area contributed by atoms with Gasteiger partial charge in [-0.2, -0.15) is 0 Å². The quantitative estimate of drug-likeness (QED) is 0.532. The molecule has 4 heteroatoms. The van der Waals surface area contributed by atoms with Crippen LogP contribution in [0, 0.1) is 13.8 Å². The molecule has 0 amide bonds. The molecule has 0 aromatic carbocycles. The minimum absolute atomic E-state index is 0.627. The molecule has 0 bridgehead atoms. The lowest BCUT2D eigenvalue weighted by Crippen LogP contribution is -1.92. The molecule has 0 N–H and O–H groups in total. The van der Waals surface area contributed by atoms with E-state index in [1.54, 1.807) is 0 Å². The zero-order valence-electron chi connectivity index (χ0n) is 5.65. The van der Waals surface area contributed by atoms with Crippen LogP contribution >= 0.6 is 31.9 Å². The van der Waals surface area contributed by atoms with Gasteiger partial charge in [-0.1, -0.05) is 0 Å². The van der Waals surface area contributed by atoms with Gasteiger partial charge in [-0.15, -0.1) is 0 Å². The molecule has 0 saturated carbocycles. The van der Waals surface area contributed by atoms with Crippen molar-refractivity contribution in [2.24, 2.45) is 0 Å². The van der Waals surface area contributed by atoms with Crippen LogP contribution in [0.3, 0.4) is 0 Å². The summed E-state index contributed by atoms with van der Waals surface area (Å²) in [5.41, 5.74) is 2.08. The van der Waals surface area contributed by atoms with Gasteiger partial charge >= 0.3 is 0 Å². The van der Waals surface area contributed by atoms with Crippen LogP contribution in [-0.2, 0) is 0 Å². The molecule has 1 aromatic rings. The van der Waals surface area contributed by atoms with Crippen molar-refractivity contribution in [3.05, 3.63) is 20.6 Å². The van der Waals surface area contributed by atoms with Gasteiger partial charge < -0.3 is 0 Å². The number of nitrogens with zero attached hydrogens (tertiary/aromatic N) is 2. The van der Waals surface area contributed by atoms with Crippen molar-refractivity contribution in [3.63, 3.8) is 0 Å². The van der Waals surface area contributed by atoms with Crippen molar-refractivity contribution in [2.75, 3.05) is 0 Å². The van der Waals surface area contributed by atoms with E-state index in [0.717, 1.165) is 15.9 Å². The molecule has 54 valence electrons. The number of hydrogen-bond acceptors (Lipinski definition) is 2. The molecule has 0 fully saturated rings. The van der Waals surface area contributed by atoms with Gasteiger partial charge in [-0.3, -0.25) is 0 Å². The minimum Gasteiger partial charge on any atom is -0.227 e. The third kappa shape index (κ3) is 1.55. The fourth-order valence-electron chi connectivity index (χ4n) is 0.561. The maximum atomic E-state index is 4.11. The van der Waals surface area contributed by atoms with Crippen LogP contribution in [0.25, 0.3) is 0 Å². The van der Waals surface area contributed by atoms with Crippen LogP contribution < -0.4 is 0 Å². The van der Waals surface area contributed by atoms with Crippen LogP contribution in [0.15, 0.2) is 9.34 Å². The van der Waals surface area contributed by atoms with E-state index in [0.29, 0.717) is 4.73 Å². The Morgan fingerprint density at radius 3 is 2.20 bits per heavy atom. The van der Waals surface area contributed by atoms with E-state index >= 15 is 0 Å².